The summed E-state index contributed by atoms with van der Waals surface area (Å²) in [5.41, 5.74) is 0.874. The molecule has 0 aliphatic carbocycles. The molecule has 26 heavy (non-hydrogen) atoms. The highest BCUT2D eigenvalue weighted by Crippen LogP contribution is 2.19. The van der Waals surface area contributed by atoms with E-state index in [1.807, 2.05) is 6.92 Å². The number of hydrogen-bond donors (Lipinski definition) is 2. The molecule has 0 saturated carbocycles. The minimum absolute atomic E-state index is 0.0979. The molecule has 1 atom stereocenters. The summed E-state index contributed by atoms with van der Waals surface area (Å²) in [7, 11) is -2.19. The van der Waals surface area contributed by atoms with Gasteiger partial charge in [-0.05, 0) is 61.9 Å². The molecule has 0 bridgehead atoms. The van der Waals surface area contributed by atoms with Gasteiger partial charge in [0.1, 0.15) is 5.75 Å². The quantitative estimate of drug-likeness (QED) is 0.739. The van der Waals surface area contributed by atoms with E-state index in [1.165, 1.54) is 19.2 Å². The highest BCUT2D eigenvalue weighted by atomic mass is 32.2. The molecule has 2 aromatic rings. The van der Waals surface area contributed by atoms with E-state index >= 15 is 0 Å². The molecule has 2 N–H and O–H groups in total. The molecule has 0 saturated heterocycles. The molecule has 7 heteroatoms. The summed E-state index contributed by atoms with van der Waals surface area (Å²) in [5.74, 6) is 0.409. The molecule has 0 aliphatic rings. The summed E-state index contributed by atoms with van der Waals surface area (Å²) in [6.45, 7) is 4.02. The van der Waals surface area contributed by atoms with Crippen LogP contribution < -0.4 is 14.8 Å². The number of hydrogen-bond acceptors (Lipinski definition) is 4. The van der Waals surface area contributed by atoms with Crippen LogP contribution in [0.25, 0.3) is 0 Å². The molecule has 1 amide bonds. The van der Waals surface area contributed by atoms with Crippen molar-refractivity contribution in [3.8, 4) is 5.75 Å². The third-order valence-electron chi connectivity index (χ3n) is 3.87. The summed E-state index contributed by atoms with van der Waals surface area (Å²) in [6.07, 6.45) is 1.90. The summed E-state index contributed by atoms with van der Waals surface area (Å²) in [6, 6.07) is 12.5. The summed E-state index contributed by atoms with van der Waals surface area (Å²) < 4.78 is 32.3. The third kappa shape index (κ3) is 5.23. The molecule has 0 fully saturated rings. The van der Waals surface area contributed by atoms with Crippen molar-refractivity contribution in [2.45, 2.75) is 37.6 Å². The lowest BCUT2D eigenvalue weighted by Gasteiger charge is -2.13. The van der Waals surface area contributed by atoms with Gasteiger partial charge in [0.2, 0.25) is 0 Å². The smallest absolute Gasteiger partial charge is 0.261 e. The van der Waals surface area contributed by atoms with Gasteiger partial charge in [-0.3, -0.25) is 9.52 Å². The number of amides is 1. The Labute approximate surface area is 154 Å². The molecule has 0 aliphatic heterocycles. The van der Waals surface area contributed by atoms with E-state index in [0.29, 0.717) is 17.0 Å². The molecule has 140 valence electrons. The maximum absolute atomic E-state index is 12.4. The van der Waals surface area contributed by atoms with Crippen molar-refractivity contribution < 1.29 is 17.9 Å². The summed E-state index contributed by atoms with van der Waals surface area (Å²) >= 11 is 0. The molecular formula is C19H24N2O4S. The third-order valence-corrected chi connectivity index (χ3v) is 5.27. The van der Waals surface area contributed by atoms with Crippen LogP contribution in [-0.2, 0) is 10.0 Å². The van der Waals surface area contributed by atoms with Gasteiger partial charge >= 0.3 is 0 Å². The van der Waals surface area contributed by atoms with Gasteiger partial charge in [-0.25, -0.2) is 8.42 Å². The number of carbonyl (C=O) groups is 1. The number of rotatable bonds is 8. The minimum Gasteiger partial charge on any atom is -0.497 e. The van der Waals surface area contributed by atoms with Crippen LogP contribution in [0, 0.1) is 0 Å². The average Bonchev–Trinajstić information content (AvgIpc) is 2.62. The molecule has 2 aromatic carbocycles. The van der Waals surface area contributed by atoms with Crippen LogP contribution >= 0.6 is 0 Å². The monoisotopic (exact) mass is 376 g/mol. The predicted molar refractivity (Wildman–Crippen MR) is 102 cm³/mol. The SMILES string of the molecule is CCC[C@H](C)NC(=O)c1ccc(NS(=O)(=O)c2ccc(OC)cc2)cc1. The van der Waals surface area contributed by atoms with Crippen LogP contribution in [0.5, 0.6) is 5.75 Å². The highest BCUT2D eigenvalue weighted by molar-refractivity contribution is 7.92. The molecule has 0 aromatic heterocycles. The molecule has 2 rings (SSSR count). The highest BCUT2D eigenvalue weighted by Gasteiger charge is 2.15. The van der Waals surface area contributed by atoms with E-state index in [2.05, 4.69) is 17.0 Å². The van der Waals surface area contributed by atoms with Gasteiger partial charge in [-0.2, -0.15) is 0 Å². The Hall–Kier alpha value is -2.54. The van der Waals surface area contributed by atoms with Crippen molar-refractivity contribution in [3.63, 3.8) is 0 Å². The van der Waals surface area contributed by atoms with Gasteiger partial charge in [0.25, 0.3) is 15.9 Å². The number of anilines is 1. The van der Waals surface area contributed by atoms with Crippen LogP contribution in [-0.4, -0.2) is 27.5 Å². The molecule has 0 heterocycles. The largest absolute Gasteiger partial charge is 0.497 e. The van der Waals surface area contributed by atoms with Crippen molar-refractivity contribution in [3.05, 3.63) is 54.1 Å². The second-order valence-electron chi connectivity index (χ2n) is 6.02. The van der Waals surface area contributed by atoms with E-state index in [1.54, 1.807) is 36.4 Å². The molecule has 0 radical (unpaired) electrons. The van der Waals surface area contributed by atoms with Crippen LogP contribution in [0.4, 0.5) is 5.69 Å². The Morgan fingerprint density at radius 2 is 1.69 bits per heavy atom. The lowest BCUT2D eigenvalue weighted by atomic mass is 10.1. The van der Waals surface area contributed by atoms with E-state index in [-0.39, 0.29) is 16.8 Å². The number of nitrogens with one attached hydrogen (secondary N) is 2. The van der Waals surface area contributed by atoms with Crippen molar-refractivity contribution in [2.24, 2.45) is 0 Å². The first kappa shape index (κ1) is 19.8. The fraction of sp³-hybridized carbons (Fsp3) is 0.316. The Morgan fingerprint density at radius 3 is 2.23 bits per heavy atom. The van der Waals surface area contributed by atoms with Gasteiger partial charge in [0.05, 0.1) is 12.0 Å². The van der Waals surface area contributed by atoms with E-state index in [0.717, 1.165) is 12.8 Å². The number of carbonyl (C=O) groups excluding carboxylic acids is 1. The zero-order valence-electron chi connectivity index (χ0n) is 15.2. The predicted octanol–water partition coefficient (Wildman–Crippen LogP) is 3.41. The second-order valence-corrected chi connectivity index (χ2v) is 7.70. The Bertz CT molecular complexity index is 831. The standard InChI is InChI=1S/C19H24N2O4S/c1-4-5-14(2)20-19(22)15-6-8-16(9-7-15)21-26(23,24)18-12-10-17(25-3)11-13-18/h6-14,21H,4-5H2,1-3H3,(H,20,22)/t14-/m0/s1. The first-order valence-corrected chi connectivity index (χ1v) is 9.92. The maximum Gasteiger partial charge on any atom is 0.261 e. The van der Waals surface area contributed by atoms with Gasteiger partial charge < -0.3 is 10.1 Å². The van der Waals surface area contributed by atoms with Crippen molar-refractivity contribution in [1.82, 2.24) is 5.32 Å². The molecular weight excluding hydrogens is 352 g/mol. The first-order chi connectivity index (χ1) is 12.4. The number of benzene rings is 2. The lowest BCUT2D eigenvalue weighted by molar-refractivity contribution is 0.0938. The van der Waals surface area contributed by atoms with Gasteiger partial charge in [-0.1, -0.05) is 13.3 Å². The van der Waals surface area contributed by atoms with Crippen LogP contribution in [0.15, 0.2) is 53.4 Å². The average molecular weight is 376 g/mol. The summed E-state index contributed by atoms with van der Waals surface area (Å²) in [4.78, 5) is 12.3. The van der Waals surface area contributed by atoms with Crippen molar-refractivity contribution in [2.75, 3.05) is 11.8 Å². The van der Waals surface area contributed by atoms with Crippen molar-refractivity contribution >= 4 is 21.6 Å². The summed E-state index contributed by atoms with van der Waals surface area (Å²) in [5, 5.41) is 2.91. The Balaban J connectivity index is 2.06. The van der Waals surface area contributed by atoms with Crippen LogP contribution in [0.2, 0.25) is 0 Å². The molecule has 0 unspecified atom stereocenters. The van der Waals surface area contributed by atoms with Gasteiger partial charge in [0, 0.05) is 17.3 Å². The lowest BCUT2D eigenvalue weighted by Crippen LogP contribution is -2.32. The molecule has 0 spiro atoms. The number of sulfonamides is 1. The zero-order valence-corrected chi connectivity index (χ0v) is 16.0. The molecule has 6 nitrogen and oxygen atoms in total. The number of ether oxygens (including phenoxy) is 1. The Kier molecular flexibility index (Phi) is 6.63. The number of methoxy groups -OCH3 is 1. The van der Waals surface area contributed by atoms with Crippen LogP contribution in [0.1, 0.15) is 37.0 Å². The zero-order chi connectivity index (χ0) is 19.2. The Morgan fingerprint density at radius 1 is 1.08 bits per heavy atom. The van der Waals surface area contributed by atoms with Gasteiger partial charge in [0.15, 0.2) is 0 Å². The minimum atomic E-state index is -3.70. The first-order valence-electron chi connectivity index (χ1n) is 8.43. The fourth-order valence-electron chi connectivity index (χ4n) is 2.47. The van der Waals surface area contributed by atoms with Gasteiger partial charge in [-0.15, -0.1) is 0 Å². The van der Waals surface area contributed by atoms with E-state index in [4.69, 9.17) is 4.74 Å². The second kappa shape index (κ2) is 8.71. The normalized spacial score (nSPS) is 12.3. The van der Waals surface area contributed by atoms with Crippen molar-refractivity contribution in [1.29, 1.82) is 0 Å². The maximum atomic E-state index is 12.4. The van der Waals surface area contributed by atoms with Crippen LogP contribution in [0.3, 0.4) is 0 Å². The fourth-order valence-corrected chi connectivity index (χ4v) is 3.53. The van der Waals surface area contributed by atoms with E-state index < -0.39 is 10.0 Å². The topological polar surface area (TPSA) is 84.5 Å². The van der Waals surface area contributed by atoms with E-state index in [9.17, 15) is 13.2 Å².